The van der Waals surface area contributed by atoms with Crippen LogP contribution in [-0.4, -0.2) is 25.5 Å². The summed E-state index contributed by atoms with van der Waals surface area (Å²) in [5.41, 5.74) is 0.247. The fourth-order valence-corrected chi connectivity index (χ4v) is 3.36. The molecule has 0 spiro atoms. The number of hydrogen-bond donors (Lipinski definition) is 2. The molecule has 0 saturated carbocycles. The topological polar surface area (TPSA) is 83.5 Å². The highest BCUT2D eigenvalue weighted by Crippen LogP contribution is 2.18. The van der Waals surface area contributed by atoms with Gasteiger partial charge in [0.2, 0.25) is 10.0 Å². The Hall–Kier alpha value is -0.990. The van der Waals surface area contributed by atoms with Crippen LogP contribution < -0.4 is 4.72 Å². The first-order valence-electron chi connectivity index (χ1n) is 6.27. The fourth-order valence-electron chi connectivity index (χ4n) is 1.78. The lowest BCUT2D eigenvalue weighted by atomic mass is 10.1. The number of rotatable bonds is 7. The second-order valence-electron chi connectivity index (χ2n) is 5.15. The van der Waals surface area contributed by atoms with E-state index >= 15 is 0 Å². The molecule has 8 heteroatoms. The highest BCUT2D eigenvalue weighted by Gasteiger charge is 2.25. The predicted octanol–water partition coefficient (Wildman–Crippen LogP) is 2.51. The molecular formula is C13H17BrFNO4S. The summed E-state index contributed by atoms with van der Waals surface area (Å²) in [4.78, 5) is 11.1. The van der Waals surface area contributed by atoms with E-state index in [2.05, 4.69) is 20.7 Å². The monoisotopic (exact) mass is 381 g/mol. The van der Waals surface area contributed by atoms with E-state index in [0.717, 1.165) is 6.07 Å². The van der Waals surface area contributed by atoms with Crippen molar-refractivity contribution in [2.75, 3.05) is 0 Å². The molecular weight excluding hydrogens is 365 g/mol. The van der Waals surface area contributed by atoms with Gasteiger partial charge in [-0.3, -0.25) is 4.79 Å². The summed E-state index contributed by atoms with van der Waals surface area (Å²) in [6.07, 6.45) is 0.184. The maximum Gasteiger partial charge on any atom is 0.321 e. The zero-order chi connectivity index (χ0) is 16.2. The van der Waals surface area contributed by atoms with Crippen LogP contribution in [0.15, 0.2) is 22.7 Å². The van der Waals surface area contributed by atoms with Crippen LogP contribution in [0.2, 0.25) is 0 Å². The summed E-state index contributed by atoms with van der Waals surface area (Å²) < 4.78 is 39.7. The van der Waals surface area contributed by atoms with Crippen molar-refractivity contribution in [2.24, 2.45) is 5.92 Å². The average molecular weight is 382 g/mol. The number of benzene rings is 1. The third kappa shape index (κ3) is 6.11. The van der Waals surface area contributed by atoms with Crippen molar-refractivity contribution < 1.29 is 22.7 Å². The summed E-state index contributed by atoms with van der Waals surface area (Å²) in [6, 6.07) is 2.78. The van der Waals surface area contributed by atoms with Crippen LogP contribution in [0.4, 0.5) is 4.39 Å². The minimum atomic E-state index is -3.87. The van der Waals surface area contributed by atoms with Gasteiger partial charge in [-0.05, 0) is 46.0 Å². The Balaban J connectivity index is 2.84. The fraction of sp³-hybridized carbons (Fsp3) is 0.462. The van der Waals surface area contributed by atoms with Crippen LogP contribution in [0.3, 0.4) is 0 Å². The molecule has 0 bridgehead atoms. The summed E-state index contributed by atoms with van der Waals surface area (Å²) in [7, 11) is -3.87. The predicted molar refractivity (Wildman–Crippen MR) is 80.7 cm³/mol. The third-order valence-corrected chi connectivity index (χ3v) is 4.67. The number of carboxylic acids is 1. The smallest absolute Gasteiger partial charge is 0.321 e. The Morgan fingerprint density at radius 2 is 2.05 bits per heavy atom. The normalized spacial score (nSPS) is 13.4. The molecule has 0 aromatic heterocycles. The number of sulfonamides is 1. The number of hydrogen-bond acceptors (Lipinski definition) is 3. The van der Waals surface area contributed by atoms with Crippen molar-refractivity contribution >= 4 is 31.9 Å². The van der Waals surface area contributed by atoms with Crippen LogP contribution in [0.25, 0.3) is 0 Å². The molecule has 0 amide bonds. The van der Waals surface area contributed by atoms with Gasteiger partial charge >= 0.3 is 5.97 Å². The van der Waals surface area contributed by atoms with E-state index in [0.29, 0.717) is 0 Å². The second-order valence-corrected chi connectivity index (χ2v) is 7.75. The van der Waals surface area contributed by atoms with E-state index in [1.54, 1.807) is 13.8 Å². The van der Waals surface area contributed by atoms with Crippen LogP contribution in [0, 0.1) is 11.7 Å². The van der Waals surface area contributed by atoms with Gasteiger partial charge in [0, 0.05) is 0 Å². The van der Waals surface area contributed by atoms with Gasteiger partial charge in [-0.2, -0.15) is 0 Å². The zero-order valence-corrected chi connectivity index (χ0v) is 14.0. The Labute approximate surface area is 131 Å². The van der Waals surface area contributed by atoms with Gasteiger partial charge < -0.3 is 5.11 Å². The third-order valence-electron chi connectivity index (χ3n) is 2.67. The minimum absolute atomic E-state index is 0.0268. The number of halogens is 2. The quantitative estimate of drug-likeness (QED) is 0.759. The highest BCUT2D eigenvalue weighted by molar-refractivity contribution is 9.10. The Bertz CT molecular complexity index is 619. The minimum Gasteiger partial charge on any atom is -0.480 e. The Kier molecular flexibility index (Phi) is 6.30. The molecule has 1 atom stereocenters. The van der Waals surface area contributed by atoms with E-state index in [9.17, 15) is 17.6 Å². The zero-order valence-electron chi connectivity index (χ0n) is 11.6. The van der Waals surface area contributed by atoms with Gasteiger partial charge in [0.25, 0.3) is 0 Å². The van der Waals surface area contributed by atoms with Gasteiger partial charge in [-0.25, -0.2) is 17.5 Å². The summed E-state index contributed by atoms with van der Waals surface area (Å²) >= 11 is 2.98. The van der Waals surface area contributed by atoms with E-state index in [1.807, 2.05) is 0 Å². The molecule has 1 aromatic carbocycles. The van der Waals surface area contributed by atoms with Gasteiger partial charge in [0.05, 0.1) is 10.2 Å². The lowest BCUT2D eigenvalue weighted by molar-refractivity contribution is -0.139. The number of aliphatic carboxylic acids is 1. The van der Waals surface area contributed by atoms with Crippen LogP contribution in [0.1, 0.15) is 25.8 Å². The Morgan fingerprint density at radius 3 is 2.52 bits per heavy atom. The molecule has 1 rings (SSSR count). The maximum absolute atomic E-state index is 13.4. The second kappa shape index (κ2) is 7.33. The molecule has 0 fully saturated rings. The standard InChI is InChI=1S/C13H17BrFNO4S/c1-8(2)5-12(13(17)18)16-21(19,20)7-9-3-4-10(14)11(15)6-9/h3-4,6,8,12,16H,5,7H2,1-2H3,(H,17,18)/t12-/m1/s1. The average Bonchev–Trinajstić information content (AvgIpc) is 2.31. The van der Waals surface area contributed by atoms with E-state index in [4.69, 9.17) is 5.11 Å². The maximum atomic E-state index is 13.4. The van der Waals surface area contributed by atoms with Crippen molar-refractivity contribution in [2.45, 2.75) is 32.1 Å². The molecule has 0 radical (unpaired) electrons. The van der Waals surface area contributed by atoms with Crippen molar-refractivity contribution in [3.63, 3.8) is 0 Å². The van der Waals surface area contributed by atoms with E-state index < -0.39 is 33.6 Å². The van der Waals surface area contributed by atoms with Crippen molar-refractivity contribution in [1.29, 1.82) is 0 Å². The lowest BCUT2D eigenvalue weighted by Crippen LogP contribution is -2.42. The highest BCUT2D eigenvalue weighted by atomic mass is 79.9. The molecule has 5 nitrogen and oxygen atoms in total. The summed E-state index contributed by atoms with van der Waals surface area (Å²) in [6.45, 7) is 3.60. The van der Waals surface area contributed by atoms with Gasteiger partial charge in [-0.15, -0.1) is 0 Å². The molecule has 0 heterocycles. The van der Waals surface area contributed by atoms with Gasteiger partial charge in [-0.1, -0.05) is 19.9 Å². The first-order chi connectivity index (χ1) is 9.60. The van der Waals surface area contributed by atoms with Crippen LogP contribution >= 0.6 is 15.9 Å². The molecule has 0 aliphatic heterocycles. The number of carbonyl (C=O) groups is 1. The molecule has 1 aromatic rings. The molecule has 0 aliphatic rings. The molecule has 0 saturated heterocycles. The molecule has 2 N–H and O–H groups in total. The first-order valence-corrected chi connectivity index (χ1v) is 8.72. The summed E-state index contributed by atoms with van der Waals surface area (Å²) in [5.74, 6) is -2.24. The van der Waals surface area contributed by atoms with E-state index in [1.165, 1.54) is 12.1 Å². The molecule has 0 unspecified atom stereocenters. The van der Waals surface area contributed by atoms with E-state index in [-0.39, 0.29) is 22.4 Å². The first kappa shape index (κ1) is 18.1. The van der Waals surface area contributed by atoms with Crippen LogP contribution in [0.5, 0.6) is 0 Å². The van der Waals surface area contributed by atoms with Crippen molar-refractivity contribution in [3.05, 3.63) is 34.1 Å². The summed E-state index contributed by atoms with van der Waals surface area (Å²) in [5, 5.41) is 9.04. The lowest BCUT2D eigenvalue weighted by Gasteiger charge is -2.16. The van der Waals surface area contributed by atoms with Crippen molar-refractivity contribution in [1.82, 2.24) is 4.72 Å². The molecule has 21 heavy (non-hydrogen) atoms. The van der Waals surface area contributed by atoms with Crippen LogP contribution in [-0.2, 0) is 20.6 Å². The number of carboxylic acid groups (broad SMARTS) is 1. The Morgan fingerprint density at radius 1 is 1.43 bits per heavy atom. The molecule has 118 valence electrons. The molecule has 0 aliphatic carbocycles. The SMILES string of the molecule is CC(C)C[C@@H](NS(=O)(=O)Cc1ccc(Br)c(F)c1)C(=O)O. The van der Waals surface area contributed by atoms with Gasteiger partial charge in [0.15, 0.2) is 0 Å². The van der Waals surface area contributed by atoms with Crippen molar-refractivity contribution in [3.8, 4) is 0 Å². The number of nitrogens with one attached hydrogen (secondary N) is 1. The largest absolute Gasteiger partial charge is 0.480 e. The van der Waals surface area contributed by atoms with Gasteiger partial charge in [0.1, 0.15) is 11.9 Å².